The third kappa shape index (κ3) is 2.99. The van der Waals surface area contributed by atoms with Gasteiger partial charge in [0.05, 0.1) is 0 Å². The molecule has 2 nitrogen and oxygen atoms in total. The lowest BCUT2D eigenvalue weighted by atomic mass is 10.2. The van der Waals surface area contributed by atoms with E-state index in [1.54, 1.807) is 19.1 Å². The highest BCUT2D eigenvalue weighted by molar-refractivity contribution is 6.04. The van der Waals surface area contributed by atoms with E-state index in [1.807, 2.05) is 42.5 Å². The van der Waals surface area contributed by atoms with E-state index in [0.717, 1.165) is 11.3 Å². The van der Waals surface area contributed by atoms with Gasteiger partial charge in [-0.1, -0.05) is 24.1 Å². The topological polar surface area (TPSA) is 29.1 Å². The highest BCUT2D eigenvalue weighted by atomic mass is 16.1. The van der Waals surface area contributed by atoms with Gasteiger partial charge in [0.1, 0.15) is 0 Å². The van der Waals surface area contributed by atoms with Gasteiger partial charge in [-0.15, -0.1) is 5.92 Å². The normalized spacial score (nSPS) is 9.17. The molecular weight excluding hydrogens is 222 g/mol. The predicted molar refractivity (Wildman–Crippen MR) is 73.4 cm³/mol. The van der Waals surface area contributed by atoms with Gasteiger partial charge in [0.25, 0.3) is 5.91 Å². The molecule has 2 aromatic rings. The summed E-state index contributed by atoms with van der Waals surface area (Å²) in [6, 6.07) is 16.6. The number of carbonyl (C=O) groups is 1. The van der Waals surface area contributed by atoms with Crippen molar-refractivity contribution in [1.82, 2.24) is 0 Å². The Morgan fingerprint density at radius 3 is 2.28 bits per heavy atom. The molecule has 2 rings (SSSR count). The number of nitrogens with one attached hydrogen (secondary N) is 1. The van der Waals surface area contributed by atoms with Crippen LogP contribution < -0.4 is 5.32 Å². The Balaban J connectivity index is 2.09. The summed E-state index contributed by atoms with van der Waals surface area (Å²) in [5, 5.41) is 2.84. The fourth-order valence-corrected chi connectivity index (χ4v) is 1.57. The number of rotatable bonds is 2. The van der Waals surface area contributed by atoms with Gasteiger partial charge in [0.2, 0.25) is 0 Å². The van der Waals surface area contributed by atoms with Gasteiger partial charge in [-0.2, -0.15) is 0 Å². The number of benzene rings is 2. The third-order valence-electron chi connectivity index (χ3n) is 2.45. The maximum Gasteiger partial charge on any atom is 0.255 e. The zero-order valence-electron chi connectivity index (χ0n) is 10.1. The smallest absolute Gasteiger partial charge is 0.255 e. The third-order valence-corrected chi connectivity index (χ3v) is 2.45. The molecule has 1 amide bonds. The van der Waals surface area contributed by atoms with Crippen molar-refractivity contribution in [2.45, 2.75) is 6.92 Å². The Bertz CT molecular complexity index is 588. The van der Waals surface area contributed by atoms with E-state index in [9.17, 15) is 4.79 Å². The highest BCUT2D eigenvalue weighted by Gasteiger charge is 2.04. The second kappa shape index (κ2) is 5.70. The number of hydrogen-bond acceptors (Lipinski definition) is 1. The average molecular weight is 235 g/mol. The maximum atomic E-state index is 11.9. The van der Waals surface area contributed by atoms with Gasteiger partial charge in [-0.05, 0) is 43.3 Å². The standard InChI is InChI=1S/C16H13NO/c1-2-6-13-9-11-15(12-10-13)17-16(18)14-7-4-3-5-8-14/h3-5,7-12H,1H3,(H,17,18). The molecule has 0 aromatic heterocycles. The van der Waals surface area contributed by atoms with Crippen molar-refractivity contribution < 1.29 is 4.79 Å². The summed E-state index contributed by atoms with van der Waals surface area (Å²) in [4.78, 5) is 11.9. The molecule has 2 heteroatoms. The summed E-state index contributed by atoms with van der Waals surface area (Å²) in [6.07, 6.45) is 0. The molecule has 0 unspecified atom stereocenters. The minimum atomic E-state index is -0.107. The molecule has 0 saturated carbocycles. The van der Waals surface area contributed by atoms with E-state index in [-0.39, 0.29) is 5.91 Å². The molecule has 0 fully saturated rings. The van der Waals surface area contributed by atoms with Gasteiger partial charge in [0, 0.05) is 16.8 Å². The van der Waals surface area contributed by atoms with Crippen LogP contribution in [0.4, 0.5) is 5.69 Å². The molecule has 0 aliphatic rings. The lowest BCUT2D eigenvalue weighted by Gasteiger charge is -2.04. The summed E-state index contributed by atoms with van der Waals surface area (Å²) < 4.78 is 0. The molecule has 0 atom stereocenters. The Morgan fingerprint density at radius 2 is 1.67 bits per heavy atom. The van der Waals surface area contributed by atoms with E-state index in [1.165, 1.54) is 0 Å². The molecule has 0 saturated heterocycles. The van der Waals surface area contributed by atoms with Crippen LogP contribution in [0.25, 0.3) is 0 Å². The van der Waals surface area contributed by atoms with E-state index < -0.39 is 0 Å². The number of anilines is 1. The van der Waals surface area contributed by atoms with Gasteiger partial charge in [-0.25, -0.2) is 0 Å². The van der Waals surface area contributed by atoms with Crippen molar-refractivity contribution in [3.05, 3.63) is 65.7 Å². The molecule has 0 aliphatic carbocycles. The van der Waals surface area contributed by atoms with E-state index in [4.69, 9.17) is 0 Å². The average Bonchev–Trinajstić information content (AvgIpc) is 2.42. The summed E-state index contributed by atoms with van der Waals surface area (Å²) in [6.45, 7) is 1.80. The molecule has 0 aliphatic heterocycles. The van der Waals surface area contributed by atoms with E-state index in [2.05, 4.69) is 17.2 Å². The number of carbonyl (C=O) groups excluding carboxylic acids is 1. The van der Waals surface area contributed by atoms with Crippen LogP contribution in [0, 0.1) is 11.8 Å². The van der Waals surface area contributed by atoms with Crippen LogP contribution in [0.2, 0.25) is 0 Å². The van der Waals surface area contributed by atoms with Crippen molar-refractivity contribution in [2.75, 3.05) is 5.32 Å². The van der Waals surface area contributed by atoms with Crippen LogP contribution in [0.1, 0.15) is 22.8 Å². The molecule has 18 heavy (non-hydrogen) atoms. The molecular formula is C16H13NO. The minimum absolute atomic E-state index is 0.107. The lowest BCUT2D eigenvalue weighted by molar-refractivity contribution is 0.102. The number of amides is 1. The first kappa shape index (κ1) is 11.9. The quantitative estimate of drug-likeness (QED) is 0.795. The fourth-order valence-electron chi connectivity index (χ4n) is 1.57. The molecule has 1 N–H and O–H groups in total. The second-order valence-electron chi connectivity index (χ2n) is 3.77. The summed E-state index contributed by atoms with van der Waals surface area (Å²) in [5.74, 6) is 5.68. The van der Waals surface area contributed by atoms with Crippen molar-refractivity contribution in [3.63, 3.8) is 0 Å². The maximum absolute atomic E-state index is 11.9. The summed E-state index contributed by atoms with van der Waals surface area (Å²) in [5.41, 5.74) is 2.36. The molecule has 88 valence electrons. The van der Waals surface area contributed by atoms with Crippen LogP contribution in [-0.4, -0.2) is 5.91 Å². The van der Waals surface area contributed by atoms with Crippen LogP contribution in [0.5, 0.6) is 0 Å². The van der Waals surface area contributed by atoms with Gasteiger partial charge in [-0.3, -0.25) is 4.79 Å². The van der Waals surface area contributed by atoms with Crippen LogP contribution in [-0.2, 0) is 0 Å². The summed E-state index contributed by atoms with van der Waals surface area (Å²) in [7, 11) is 0. The minimum Gasteiger partial charge on any atom is -0.322 e. The van der Waals surface area contributed by atoms with E-state index in [0.29, 0.717) is 5.56 Å². The SMILES string of the molecule is CC#Cc1ccc(NC(=O)c2ccccc2)cc1. The summed E-state index contributed by atoms with van der Waals surface area (Å²) >= 11 is 0. The largest absolute Gasteiger partial charge is 0.322 e. The second-order valence-corrected chi connectivity index (χ2v) is 3.77. The lowest BCUT2D eigenvalue weighted by Crippen LogP contribution is -2.11. The van der Waals surface area contributed by atoms with Crippen molar-refractivity contribution in [3.8, 4) is 11.8 Å². The Morgan fingerprint density at radius 1 is 1.00 bits per heavy atom. The first-order valence-electron chi connectivity index (χ1n) is 5.69. The molecule has 0 spiro atoms. The van der Waals surface area contributed by atoms with Crippen LogP contribution in [0.15, 0.2) is 54.6 Å². The Kier molecular flexibility index (Phi) is 3.78. The predicted octanol–water partition coefficient (Wildman–Crippen LogP) is 3.31. The molecule has 0 heterocycles. The zero-order valence-corrected chi connectivity index (χ0v) is 10.1. The first-order valence-corrected chi connectivity index (χ1v) is 5.69. The molecule has 2 aromatic carbocycles. The van der Waals surface area contributed by atoms with Gasteiger partial charge in [0.15, 0.2) is 0 Å². The monoisotopic (exact) mass is 235 g/mol. The van der Waals surface area contributed by atoms with Gasteiger partial charge >= 0.3 is 0 Å². The van der Waals surface area contributed by atoms with Gasteiger partial charge < -0.3 is 5.32 Å². The van der Waals surface area contributed by atoms with Crippen molar-refractivity contribution in [1.29, 1.82) is 0 Å². The Hall–Kier alpha value is -2.53. The van der Waals surface area contributed by atoms with Crippen LogP contribution >= 0.6 is 0 Å². The molecule has 0 radical (unpaired) electrons. The molecule has 0 bridgehead atoms. The van der Waals surface area contributed by atoms with Crippen molar-refractivity contribution >= 4 is 11.6 Å². The fraction of sp³-hybridized carbons (Fsp3) is 0.0625. The van der Waals surface area contributed by atoms with Crippen molar-refractivity contribution in [2.24, 2.45) is 0 Å². The zero-order chi connectivity index (χ0) is 12.8. The van der Waals surface area contributed by atoms with E-state index >= 15 is 0 Å². The number of hydrogen-bond donors (Lipinski definition) is 1. The highest BCUT2D eigenvalue weighted by Crippen LogP contribution is 2.10. The Labute approximate surface area is 107 Å². The first-order chi connectivity index (χ1) is 8.79. The van der Waals surface area contributed by atoms with Crippen LogP contribution in [0.3, 0.4) is 0 Å².